The fraction of sp³-hybridized carbons (Fsp3) is 0.250. The van der Waals surface area contributed by atoms with Gasteiger partial charge in [-0.25, -0.2) is 27.8 Å². The molecule has 4 N–H and O–H groups in total. The second-order valence-electron chi connectivity index (χ2n) is 9.62. The number of nitrogens with two attached hydrogens (primary N) is 1. The van der Waals surface area contributed by atoms with Gasteiger partial charge in [-0.2, -0.15) is 0 Å². The molecule has 0 aliphatic heterocycles. The lowest BCUT2D eigenvalue weighted by molar-refractivity contribution is 0.410. The number of nitrogens with zero attached hydrogens (tertiary/aromatic N) is 3. The molecule has 1 fully saturated rings. The predicted molar refractivity (Wildman–Crippen MR) is 160 cm³/mol. The van der Waals surface area contributed by atoms with Crippen molar-refractivity contribution in [3.63, 3.8) is 0 Å². The summed E-state index contributed by atoms with van der Waals surface area (Å²) in [5, 5.41) is 3.43. The molecule has 0 unspecified atom stereocenters. The van der Waals surface area contributed by atoms with E-state index in [-0.39, 0.29) is 51.7 Å². The van der Waals surface area contributed by atoms with Crippen molar-refractivity contribution >= 4 is 45.7 Å². The van der Waals surface area contributed by atoms with Crippen molar-refractivity contribution in [1.29, 1.82) is 0 Å². The van der Waals surface area contributed by atoms with Crippen molar-refractivity contribution in [1.82, 2.24) is 15.0 Å². The van der Waals surface area contributed by atoms with Gasteiger partial charge in [-0.1, -0.05) is 23.7 Å². The van der Waals surface area contributed by atoms with Gasteiger partial charge in [0.15, 0.2) is 11.6 Å². The van der Waals surface area contributed by atoms with Gasteiger partial charge in [0.2, 0.25) is 11.8 Å². The van der Waals surface area contributed by atoms with E-state index in [1.807, 2.05) is 0 Å². The topological polar surface area (TPSA) is 132 Å². The zero-order valence-corrected chi connectivity index (χ0v) is 24.4. The second-order valence-corrected chi connectivity index (χ2v) is 11.7. The number of nitrogens with one attached hydrogen (secondary N) is 2. The molecule has 0 radical (unpaired) electrons. The third kappa shape index (κ3) is 7.23. The number of anilines is 2. The van der Waals surface area contributed by atoms with Gasteiger partial charge in [-0.3, -0.25) is 4.72 Å². The third-order valence-electron chi connectivity index (χ3n) is 6.61. The standard InChI is InChI=1S/C28H28ClFN6O3S.ClH/c1-17-15-20(36-40(37,38)25-7-3-2-6-22(25)29)16-23(30)26(17)39-27-21(5-4-13-32-27)24-12-14-33-28(35-24)34-19-10-8-18(31)9-11-19;/h2-7,12-16,18-19,36H,8-11,31H2,1H3,(H,33,34,35);1H. The quantitative estimate of drug-likeness (QED) is 0.208. The molecule has 0 spiro atoms. The summed E-state index contributed by atoms with van der Waals surface area (Å²) in [6, 6.07) is 14.2. The van der Waals surface area contributed by atoms with Gasteiger partial charge in [0.25, 0.3) is 10.0 Å². The van der Waals surface area contributed by atoms with E-state index in [1.54, 1.807) is 43.5 Å². The number of aryl methyl sites for hydroxylation is 1. The highest BCUT2D eigenvalue weighted by Crippen LogP contribution is 2.35. The summed E-state index contributed by atoms with van der Waals surface area (Å²) in [6.07, 6.45) is 6.95. The molecule has 1 saturated carbocycles. The first-order valence-corrected chi connectivity index (χ1v) is 14.6. The van der Waals surface area contributed by atoms with E-state index in [2.05, 4.69) is 25.0 Å². The van der Waals surface area contributed by atoms with Crippen LogP contribution >= 0.6 is 24.0 Å². The number of hydrogen-bond acceptors (Lipinski definition) is 8. The fourth-order valence-electron chi connectivity index (χ4n) is 4.58. The van der Waals surface area contributed by atoms with Crippen LogP contribution < -0.4 is 20.5 Å². The number of halogens is 3. The van der Waals surface area contributed by atoms with Crippen LogP contribution in [-0.2, 0) is 10.0 Å². The highest BCUT2D eigenvalue weighted by Gasteiger charge is 2.22. The van der Waals surface area contributed by atoms with Crippen molar-refractivity contribution in [2.45, 2.75) is 49.6 Å². The van der Waals surface area contributed by atoms with E-state index >= 15 is 4.39 Å². The van der Waals surface area contributed by atoms with Crippen LogP contribution in [0.1, 0.15) is 31.2 Å². The molecular weight excluding hydrogens is 590 g/mol. The lowest BCUT2D eigenvalue weighted by Gasteiger charge is -2.26. The zero-order chi connectivity index (χ0) is 28.3. The largest absolute Gasteiger partial charge is 0.435 e. The molecule has 41 heavy (non-hydrogen) atoms. The number of aromatic nitrogens is 3. The Labute approximate surface area is 249 Å². The van der Waals surface area contributed by atoms with E-state index in [0.717, 1.165) is 31.7 Å². The molecule has 2 aromatic heterocycles. The Morgan fingerprint density at radius 2 is 1.78 bits per heavy atom. The van der Waals surface area contributed by atoms with Crippen molar-refractivity contribution in [3.8, 4) is 22.9 Å². The number of rotatable bonds is 8. The van der Waals surface area contributed by atoms with Gasteiger partial charge in [-0.15, -0.1) is 12.4 Å². The van der Waals surface area contributed by atoms with Crippen molar-refractivity contribution in [2.75, 3.05) is 10.0 Å². The van der Waals surface area contributed by atoms with Crippen LogP contribution in [0, 0.1) is 12.7 Å². The molecule has 2 heterocycles. The number of pyridine rings is 1. The normalized spacial score (nSPS) is 16.9. The fourth-order valence-corrected chi connectivity index (χ4v) is 6.14. The van der Waals surface area contributed by atoms with Crippen LogP contribution in [0.2, 0.25) is 5.02 Å². The van der Waals surface area contributed by atoms with E-state index in [0.29, 0.717) is 22.8 Å². The summed E-state index contributed by atoms with van der Waals surface area (Å²) in [4.78, 5) is 13.2. The molecule has 2 aromatic carbocycles. The van der Waals surface area contributed by atoms with E-state index in [4.69, 9.17) is 22.1 Å². The average Bonchev–Trinajstić information content (AvgIpc) is 2.92. The molecule has 4 aromatic rings. The van der Waals surface area contributed by atoms with Crippen molar-refractivity contribution < 1.29 is 17.5 Å². The van der Waals surface area contributed by atoms with Gasteiger partial charge in [-0.05, 0) is 74.6 Å². The van der Waals surface area contributed by atoms with Crippen molar-refractivity contribution in [2.24, 2.45) is 5.73 Å². The highest BCUT2D eigenvalue weighted by atomic mass is 35.5. The van der Waals surface area contributed by atoms with Gasteiger partial charge in [0.1, 0.15) is 4.90 Å². The minimum Gasteiger partial charge on any atom is -0.435 e. The molecule has 1 aliphatic carbocycles. The van der Waals surface area contributed by atoms with Gasteiger partial charge >= 0.3 is 0 Å². The van der Waals surface area contributed by atoms with E-state index in [1.165, 1.54) is 24.4 Å². The Bertz CT molecular complexity index is 1610. The molecular formula is C28H29Cl2FN6O3S. The lowest BCUT2D eigenvalue weighted by Crippen LogP contribution is -2.33. The molecule has 0 bridgehead atoms. The van der Waals surface area contributed by atoms with Gasteiger partial charge in [0, 0.05) is 30.5 Å². The zero-order valence-electron chi connectivity index (χ0n) is 22.1. The van der Waals surface area contributed by atoms with Crippen LogP contribution in [0.5, 0.6) is 11.6 Å². The molecule has 0 atom stereocenters. The Balaban J connectivity index is 0.00000387. The number of hydrogen-bond donors (Lipinski definition) is 3. The monoisotopic (exact) mass is 618 g/mol. The summed E-state index contributed by atoms with van der Waals surface area (Å²) < 4.78 is 49.2. The van der Waals surface area contributed by atoms with E-state index < -0.39 is 15.8 Å². The second kappa shape index (κ2) is 13.0. The SMILES string of the molecule is Cc1cc(NS(=O)(=O)c2ccccc2Cl)cc(F)c1Oc1ncccc1-c1ccnc(NC2CCC(N)CC2)n1.Cl. The first-order chi connectivity index (χ1) is 19.2. The molecule has 0 saturated heterocycles. The Hall–Kier alpha value is -3.51. The minimum atomic E-state index is -4.04. The van der Waals surface area contributed by atoms with E-state index in [9.17, 15) is 8.42 Å². The summed E-state index contributed by atoms with van der Waals surface area (Å²) in [6.45, 7) is 1.61. The van der Waals surface area contributed by atoms with Crippen LogP contribution in [-0.4, -0.2) is 35.5 Å². The summed E-state index contributed by atoms with van der Waals surface area (Å²) in [7, 11) is -4.04. The molecule has 1 aliphatic rings. The van der Waals surface area contributed by atoms with Crippen LogP contribution in [0.15, 0.2) is 71.9 Å². The first kappa shape index (κ1) is 30.4. The van der Waals surface area contributed by atoms with Crippen LogP contribution in [0.4, 0.5) is 16.0 Å². The first-order valence-electron chi connectivity index (χ1n) is 12.8. The summed E-state index contributed by atoms with van der Waals surface area (Å²) in [5.74, 6) is -0.243. The molecule has 13 heteroatoms. The average molecular weight is 620 g/mol. The Morgan fingerprint density at radius 3 is 2.51 bits per heavy atom. The summed E-state index contributed by atoms with van der Waals surface area (Å²) >= 11 is 6.04. The van der Waals surface area contributed by atoms with Crippen molar-refractivity contribution in [3.05, 3.63) is 83.4 Å². The minimum absolute atomic E-state index is 0. The maximum absolute atomic E-state index is 15.3. The number of sulfonamides is 1. The van der Waals surface area contributed by atoms with Gasteiger partial charge in [0.05, 0.1) is 22.0 Å². The molecule has 5 rings (SSSR count). The highest BCUT2D eigenvalue weighted by molar-refractivity contribution is 7.92. The molecule has 216 valence electrons. The molecule has 9 nitrogen and oxygen atoms in total. The predicted octanol–water partition coefficient (Wildman–Crippen LogP) is 6.34. The van der Waals surface area contributed by atoms with Crippen LogP contribution in [0.25, 0.3) is 11.3 Å². The maximum atomic E-state index is 15.3. The Kier molecular flexibility index (Phi) is 9.64. The number of benzene rings is 2. The maximum Gasteiger partial charge on any atom is 0.263 e. The van der Waals surface area contributed by atoms with Crippen LogP contribution in [0.3, 0.4) is 0 Å². The molecule has 0 amide bonds. The van der Waals surface area contributed by atoms with Gasteiger partial charge < -0.3 is 15.8 Å². The lowest BCUT2D eigenvalue weighted by atomic mass is 9.92. The third-order valence-corrected chi connectivity index (χ3v) is 8.50. The smallest absolute Gasteiger partial charge is 0.263 e. The summed E-state index contributed by atoms with van der Waals surface area (Å²) in [5.41, 5.74) is 7.49. The number of ether oxygens (including phenoxy) is 1. The Morgan fingerprint density at radius 1 is 1.02 bits per heavy atom.